The van der Waals surface area contributed by atoms with Crippen LogP contribution in [-0.4, -0.2) is 5.78 Å². The summed E-state index contributed by atoms with van der Waals surface area (Å²) in [5, 5.41) is 0. The van der Waals surface area contributed by atoms with E-state index < -0.39 is 0 Å². The smallest absolute Gasteiger partial charge is 0.166 e. The summed E-state index contributed by atoms with van der Waals surface area (Å²) in [6.45, 7) is 3.67. The Labute approximate surface area is 78.1 Å². The van der Waals surface area contributed by atoms with Gasteiger partial charge in [0.25, 0.3) is 0 Å². The zero-order valence-corrected chi connectivity index (χ0v) is 7.49. The van der Waals surface area contributed by atoms with E-state index in [9.17, 15) is 4.79 Å². The van der Waals surface area contributed by atoms with E-state index in [0.29, 0.717) is 0 Å². The first-order valence-electron chi connectivity index (χ1n) is 4.56. The average Bonchev–Trinajstić information content (AvgIpc) is 2.46. The Hall–Kier alpha value is -1.37. The number of ketones is 1. The molecule has 1 heteroatoms. The minimum Gasteiger partial charge on any atom is -0.294 e. The highest BCUT2D eigenvalue weighted by Gasteiger charge is 2.28. The van der Waals surface area contributed by atoms with Crippen LogP contribution in [-0.2, 0) is 6.42 Å². The summed E-state index contributed by atoms with van der Waals surface area (Å²) in [4.78, 5) is 11.7. The molecule has 0 amide bonds. The maximum absolute atomic E-state index is 11.7. The van der Waals surface area contributed by atoms with Gasteiger partial charge < -0.3 is 0 Å². The number of allylic oxidation sites excluding steroid dienone is 1. The SMILES string of the molecule is C=CC[C@H]1Cc2ccccc2C1=O. The number of rotatable bonds is 2. The Bertz CT molecular complexity index is 352. The topological polar surface area (TPSA) is 17.1 Å². The van der Waals surface area contributed by atoms with Crippen LogP contribution >= 0.6 is 0 Å². The molecule has 0 aliphatic heterocycles. The molecule has 1 nitrogen and oxygen atoms in total. The van der Waals surface area contributed by atoms with Gasteiger partial charge in [0.05, 0.1) is 0 Å². The van der Waals surface area contributed by atoms with E-state index in [2.05, 4.69) is 6.58 Å². The normalized spacial score (nSPS) is 20.0. The van der Waals surface area contributed by atoms with Crippen molar-refractivity contribution in [3.8, 4) is 0 Å². The van der Waals surface area contributed by atoms with Crippen molar-refractivity contribution >= 4 is 5.78 Å². The molecule has 0 aromatic heterocycles. The van der Waals surface area contributed by atoms with Gasteiger partial charge in [0, 0.05) is 11.5 Å². The van der Waals surface area contributed by atoms with Crippen LogP contribution in [0.4, 0.5) is 0 Å². The van der Waals surface area contributed by atoms with Crippen LogP contribution in [0, 0.1) is 5.92 Å². The van der Waals surface area contributed by atoms with Gasteiger partial charge in [-0.2, -0.15) is 0 Å². The molecule has 1 aromatic carbocycles. The van der Waals surface area contributed by atoms with E-state index in [-0.39, 0.29) is 11.7 Å². The maximum Gasteiger partial charge on any atom is 0.166 e. The van der Waals surface area contributed by atoms with E-state index in [1.165, 1.54) is 5.56 Å². The molecule has 0 saturated carbocycles. The molecule has 1 atom stereocenters. The Balaban J connectivity index is 2.32. The summed E-state index contributed by atoms with van der Waals surface area (Å²) in [7, 11) is 0. The van der Waals surface area contributed by atoms with Crippen molar-refractivity contribution in [3.63, 3.8) is 0 Å². The summed E-state index contributed by atoms with van der Waals surface area (Å²) < 4.78 is 0. The van der Waals surface area contributed by atoms with Gasteiger partial charge in [0.2, 0.25) is 0 Å². The number of carbonyl (C=O) groups is 1. The van der Waals surface area contributed by atoms with Crippen molar-refractivity contribution in [3.05, 3.63) is 48.0 Å². The highest BCUT2D eigenvalue weighted by atomic mass is 16.1. The maximum atomic E-state index is 11.7. The van der Waals surface area contributed by atoms with Crippen molar-refractivity contribution in [1.29, 1.82) is 0 Å². The highest BCUT2D eigenvalue weighted by molar-refractivity contribution is 6.02. The quantitative estimate of drug-likeness (QED) is 0.627. The molecular formula is C12H12O. The zero-order chi connectivity index (χ0) is 9.26. The van der Waals surface area contributed by atoms with Crippen molar-refractivity contribution in [2.24, 2.45) is 5.92 Å². The van der Waals surface area contributed by atoms with Gasteiger partial charge in [0.1, 0.15) is 0 Å². The molecule has 0 N–H and O–H groups in total. The van der Waals surface area contributed by atoms with Crippen LogP contribution in [0.1, 0.15) is 22.3 Å². The summed E-state index contributed by atoms with van der Waals surface area (Å²) in [6, 6.07) is 7.87. The average molecular weight is 172 g/mol. The first kappa shape index (κ1) is 8.24. The molecule has 1 aliphatic rings. The fourth-order valence-corrected chi connectivity index (χ4v) is 1.91. The summed E-state index contributed by atoms with van der Waals surface area (Å²) in [5.74, 6) is 0.436. The second-order valence-corrected chi connectivity index (χ2v) is 3.45. The van der Waals surface area contributed by atoms with E-state index >= 15 is 0 Å². The molecule has 2 rings (SSSR count). The first-order valence-corrected chi connectivity index (χ1v) is 4.56. The van der Waals surface area contributed by atoms with Gasteiger partial charge in [-0.15, -0.1) is 6.58 Å². The number of fused-ring (bicyclic) bond motifs is 1. The summed E-state index contributed by atoms with van der Waals surface area (Å²) in [6.07, 6.45) is 3.52. The lowest BCUT2D eigenvalue weighted by Crippen LogP contribution is -2.07. The standard InChI is InChI=1S/C12H12O/c1-2-5-10-8-9-6-3-4-7-11(9)12(10)13/h2-4,6-7,10H,1,5,8H2/t10-/m0/s1. The van der Waals surface area contributed by atoms with Gasteiger partial charge in [-0.1, -0.05) is 30.3 Å². The van der Waals surface area contributed by atoms with Crippen LogP contribution in [0.15, 0.2) is 36.9 Å². The van der Waals surface area contributed by atoms with E-state index in [1.54, 1.807) is 0 Å². The molecule has 0 unspecified atom stereocenters. The number of hydrogen-bond acceptors (Lipinski definition) is 1. The monoisotopic (exact) mass is 172 g/mol. The molecule has 1 aromatic rings. The van der Waals surface area contributed by atoms with Crippen molar-refractivity contribution in [1.82, 2.24) is 0 Å². The number of hydrogen-bond donors (Lipinski definition) is 0. The van der Waals surface area contributed by atoms with Gasteiger partial charge in [-0.3, -0.25) is 4.79 Å². The molecule has 0 spiro atoms. The van der Waals surface area contributed by atoms with Gasteiger partial charge in [-0.25, -0.2) is 0 Å². The predicted molar refractivity (Wildman–Crippen MR) is 52.8 cm³/mol. The lowest BCUT2D eigenvalue weighted by Gasteiger charge is -2.01. The van der Waals surface area contributed by atoms with Gasteiger partial charge in [0.15, 0.2) is 5.78 Å². The Morgan fingerprint density at radius 3 is 2.92 bits per heavy atom. The van der Waals surface area contributed by atoms with Crippen LogP contribution in [0.5, 0.6) is 0 Å². The molecule has 0 bridgehead atoms. The second kappa shape index (κ2) is 3.17. The van der Waals surface area contributed by atoms with E-state index in [0.717, 1.165) is 18.4 Å². The Morgan fingerprint density at radius 1 is 1.46 bits per heavy atom. The minimum atomic E-state index is 0.148. The number of benzene rings is 1. The van der Waals surface area contributed by atoms with Crippen molar-refractivity contribution in [2.45, 2.75) is 12.8 Å². The van der Waals surface area contributed by atoms with Crippen molar-refractivity contribution < 1.29 is 4.79 Å². The first-order chi connectivity index (χ1) is 6.33. The third-order valence-electron chi connectivity index (χ3n) is 2.57. The molecule has 0 radical (unpaired) electrons. The molecule has 0 heterocycles. The summed E-state index contributed by atoms with van der Waals surface area (Å²) >= 11 is 0. The highest BCUT2D eigenvalue weighted by Crippen LogP contribution is 2.28. The molecular weight excluding hydrogens is 160 g/mol. The fraction of sp³-hybridized carbons (Fsp3) is 0.250. The van der Waals surface area contributed by atoms with E-state index in [4.69, 9.17) is 0 Å². The van der Waals surface area contributed by atoms with Gasteiger partial charge >= 0.3 is 0 Å². The lowest BCUT2D eigenvalue weighted by atomic mass is 10.0. The molecule has 13 heavy (non-hydrogen) atoms. The largest absolute Gasteiger partial charge is 0.294 e. The molecule has 66 valence electrons. The molecule has 1 aliphatic carbocycles. The predicted octanol–water partition coefficient (Wildman–Crippen LogP) is 2.62. The number of Topliss-reactive ketones (excluding diaryl/α,β-unsaturated/α-hetero) is 1. The Kier molecular flexibility index (Phi) is 2.01. The van der Waals surface area contributed by atoms with E-state index in [1.807, 2.05) is 30.3 Å². The minimum absolute atomic E-state index is 0.148. The lowest BCUT2D eigenvalue weighted by molar-refractivity contribution is 0.0938. The van der Waals surface area contributed by atoms with Crippen LogP contribution in [0.3, 0.4) is 0 Å². The molecule has 0 saturated heterocycles. The third-order valence-corrected chi connectivity index (χ3v) is 2.57. The van der Waals surface area contributed by atoms with Gasteiger partial charge in [-0.05, 0) is 18.4 Å². The van der Waals surface area contributed by atoms with Crippen molar-refractivity contribution in [2.75, 3.05) is 0 Å². The van der Waals surface area contributed by atoms with Crippen LogP contribution in [0.2, 0.25) is 0 Å². The zero-order valence-electron chi connectivity index (χ0n) is 7.49. The third kappa shape index (κ3) is 1.31. The summed E-state index contributed by atoms with van der Waals surface area (Å²) in [5.41, 5.74) is 2.11. The Morgan fingerprint density at radius 2 is 2.23 bits per heavy atom. The van der Waals surface area contributed by atoms with Crippen LogP contribution < -0.4 is 0 Å². The van der Waals surface area contributed by atoms with Crippen LogP contribution in [0.25, 0.3) is 0 Å². The number of carbonyl (C=O) groups excluding carboxylic acids is 1. The molecule has 0 fully saturated rings. The fourth-order valence-electron chi connectivity index (χ4n) is 1.91. The second-order valence-electron chi connectivity index (χ2n) is 3.45.